The predicted octanol–water partition coefficient (Wildman–Crippen LogP) is 2.07. The Morgan fingerprint density at radius 3 is 2.84 bits per heavy atom. The largest absolute Gasteiger partial charge is 0.383 e. The fourth-order valence-corrected chi connectivity index (χ4v) is 1.70. The Kier molecular flexibility index (Phi) is 4.59. The van der Waals surface area contributed by atoms with Gasteiger partial charge in [0.25, 0.3) is 5.91 Å². The van der Waals surface area contributed by atoms with E-state index in [1.165, 1.54) is 0 Å². The summed E-state index contributed by atoms with van der Waals surface area (Å²) in [5.74, 6) is -0.167. The molecule has 0 fully saturated rings. The Hall–Kier alpha value is -1.79. The van der Waals surface area contributed by atoms with Crippen molar-refractivity contribution in [3.05, 3.63) is 42.2 Å². The van der Waals surface area contributed by atoms with Crippen molar-refractivity contribution in [1.82, 2.24) is 9.78 Å². The fourth-order valence-electron chi connectivity index (χ4n) is 1.55. The molecule has 0 aliphatic heterocycles. The standard InChI is InChI=1S/C13H15N3O2S/c1-18-7-6-16-9-11(8-14-16)15-13(17)10-2-4-12(19)5-3-10/h2-5,8-9,19H,6-7H2,1H3,(H,15,17). The van der Waals surface area contributed by atoms with E-state index in [1.807, 2.05) is 0 Å². The lowest BCUT2D eigenvalue weighted by Gasteiger charge is -2.02. The van der Waals surface area contributed by atoms with Crippen molar-refractivity contribution in [3.63, 3.8) is 0 Å². The average molecular weight is 277 g/mol. The highest BCUT2D eigenvalue weighted by Gasteiger charge is 2.07. The summed E-state index contributed by atoms with van der Waals surface area (Å²) in [6.45, 7) is 1.24. The van der Waals surface area contributed by atoms with Crippen LogP contribution in [0.4, 0.5) is 5.69 Å². The number of thiol groups is 1. The molecule has 100 valence electrons. The number of carbonyl (C=O) groups excluding carboxylic acids is 1. The average Bonchev–Trinajstić information content (AvgIpc) is 2.84. The topological polar surface area (TPSA) is 56.1 Å². The van der Waals surface area contributed by atoms with Crippen molar-refractivity contribution < 1.29 is 9.53 Å². The Morgan fingerprint density at radius 1 is 1.42 bits per heavy atom. The first-order chi connectivity index (χ1) is 9.19. The molecule has 1 N–H and O–H groups in total. The first-order valence-corrected chi connectivity index (χ1v) is 6.25. The van der Waals surface area contributed by atoms with Crippen LogP contribution in [0.25, 0.3) is 0 Å². The maximum absolute atomic E-state index is 12.0. The van der Waals surface area contributed by atoms with Crippen LogP contribution < -0.4 is 5.32 Å². The Labute approximate surface area is 117 Å². The smallest absolute Gasteiger partial charge is 0.255 e. The number of hydrogen-bond acceptors (Lipinski definition) is 4. The molecule has 0 unspecified atom stereocenters. The van der Waals surface area contributed by atoms with E-state index in [9.17, 15) is 4.79 Å². The van der Waals surface area contributed by atoms with Crippen molar-refractivity contribution in [2.24, 2.45) is 0 Å². The van der Waals surface area contributed by atoms with Crippen LogP contribution in [0.5, 0.6) is 0 Å². The quantitative estimate of drug-likeness (QED) is 0.823. The molecule has 2 aromatic rings. The number of carbonyl (C=O) groups is 1. The van der Waals surface area contributed by atoms with E-state index in [-0.39, 0.29) is 5.91 Å². The van der Waals surface area contributed by atoms with E-state index < -0.39 is 0 Å². The fraction of sp³-hybridized carbons (Fsp3) is 0.231. The van der Waals surface area contributed by atoms with Crippen LogP contribution in [0.2, 0.25) is 0 Å². The molecule has 2 rings (SSSR count). The van der Waals surface area contributed by atoms with Crippen LogP contribution in [0.15, 0.2) is 41.6 Å². The van der Waals surface area contributed by atoms with Crippen LogP contribution in [-0.2, 0) is 11.3 Å². The summed E-state index contributed by atoms with van der Waals surface area (Å²) in [4.78, 5) is 12.8. The number of rotatable bonds is 5. The van der Waals surface area contributed by atoms with Gasteiger partial charge in [0.05, 0.1) is 25.0 Å². The molecular weight excluding hydrogens is 262 g/mol. The lowest BCUT2D eigenvalue weighted by atomic mass is 10.2. The number of amides is 1. The maximum Gasteiger partial charge on any atom is 0.255 e. The number of nitrogens with one attached hydrogen (secondary N) is 1. The third-order valence-electron chi connectivity index (χ3n) is 2.55. The van der Waals surface area contributed by atoms with Gasteiger partial charge in [-0.3, -0.25) is 9.48 Å². The van der Waals surface area contributed by atoms with Gasteiger partial charge < -0.3 is 10.1 Å². The molecule has 19 heavy (non-hydrogen) atoms. The van der Waals surface area contributed by atoms with Crippen molar-refractivity contribution in [2.75, 3.05) is 19.0 Å². The lowest BCUT2D eigenvalue weighted by Crippen LogP contribution is -2.11. The number of methoxy groups -OCH3 is 1. The van der Waals surface area contributed by atoms with Gasteiger partial charge in [-0.2, -0.15) is 5.10 Å². The monoisotopic (exact) mass is 277 g/mol. The summed E-state index contributed by atoms with van der Waals surface area (Å²) in [6, 6.07) is 7.01. The van der Waals surface area contributed by atoms with Gasteiger partial charge in [0.2, 0.25) is 0 Å². The highest BCUT2D eigenvalue weighted by Crippen LogP contribution is 2.11. The molecule has 1 aromatic heterocycles. The molecule has 0 bridgehead atoms. The van der Waals surface area contributed by atoms with Crippen LogP contribution >= 0.6 is 12.6 Å². The second kappa shape index (κ2) is 6.40. The number of aromatic nitrogens is 2. The number of benzene rings is 1. The summed E-state index contributed by atoms with van der Waals surface area (Å²) >= 11 is 4.18. The third kappa shape index (κ3) is 3.84. The molecule has 1 amide bonds. The van der Waals surface area contributed by atoms with Crippen LogP contribution in [0.1, 0.15) is 10.4 Å². The molecule has 1 aromatic carbocycles. The highest BCUT2D eigenvalue weighted by molar-refractivity contribution is 7.80. The number of hydrogen-bond donors (Lipinski definition) is 2. The first kappa shape index (κ1) is 13.6. The highest BCUT2D eigenvalue weighted by atomic mass is 32.1. The number of ether oxygens (including phenoxy) is 1. The molecule has 0 aliphatic carbocycles. The van der Waals surface area contributed by atoms with Crippen LogP contribution in [-0.4, -0.2) is 29.4 Å². The predicted molar refractivity (Wildman–Crippen MR) is 75.8 cm³/mol. The van der Waals surface area contributed by atoms with E-state index >= 15 is 0 Å². The Morgan fingerprint density at radius 2 is 2.16 bits per heavy atom. The minimum atomic E-state index is -0.167. The summed E-state index contributed by atoms with van der Waals surface area (Å²) in [7, 11) is 1.64. The summed E-state index contributed by atoms with van der Waals surface area (Å²) in [5, 5.41) is 6.91. The molecule has 0 radical (unpaired) electrons. The SMILES string of the molecule is COCCn1cc(NC(=O)c2ccc(S)cc2)cn1. The van der Waals surface area contributed by atoms with Gasteiger partial charge in [-0.25, -0.2) is 0 Å². The summed E-state index contributed by atoms with van der Waals surface area (Å²) < 4.78 is 6.68. The maximum atomic E-state index is 12.0. The van der Waals surface area contributed by atoms with Crippen molar-refractivity contribution >= 4 is 24.2 Å². The molecular formula is C13H15N3O2S. The summed E-state index contributed by atoms with van der Waals surface area (Å²) in [5.41, 5.74) is 1.25. The minimum Gasteiger partial charge on any atom is -0.383 e. The zero-order chi connectivity index (χ0) is 13.7. The lowest BCUT2D eigenvalue weighted by molar-refractivity contribution is 0.102. The van der Waals surface area contributed by atoms with Gasteiger partial charge in [0.15, 0.2) is 0 Å². The second-order valence-electron chi connectivity index (χ2n) is 3.99. The van der Waals surface area contributed by atoms with Crippen LogP contribution in [0.3, 0.4) is 0 Å². The molecule has 1 heterocycles. The zero-order valence-corrected chi connectivity index (χ0v) is 11.4. The second-order valence-corrected chi connectivity index (χ2v) is 4.50. The Balaban J connectivity index is 1.98. The molecule has 0 saturated heterocycles. The van der Waals surface area contributed by atoms with Crippen molar-refractivity contribution in [1.29, 1.82) is 0 Å². The molecule has 0 aliphatic rings. The molecule has 5 nitrogen and oxygen atoms in total. The number of anilines is 1. The van der Waals surface area contributed by atoms with Crippen molar-refractivity contribution in [3.8, 4) is 0 Å². The third-order valence-corrected chi connectivity index (χ3v) is 2.84. The first-order valence-electron chi connectivity index (χ1n) is 5.81. The molecule has 6 heteroatoms. The van der Waals surface area contributed by atoms with E-state index in [4.69, 9.17) is 4.74 Å². The minimum absolute atomic E-state index is 0.167. The van der Waals surface area contributed by atoms with Gasteiger partial charge >= 0.3 is 0 Å². The van der Waals surface area contributed by atoms with E-state index in [0.29, 0.717) is 24.4 Å². The van der Waals surface area contributed by atoms with E-state index in [0.717, 1.165) is 4.90 Å². The number of nitrogens with zero attached hydrogens (tertiary/aromatic N) is 2. The van der Waals surface area contributed by atoms with Crippen molar-refractivity contribution in [2.45, 2.75) is 11.4 Å². The van der Waals surface area contributed by atoms with Crippen LogP contribution in [0, 0.1) is 0 Å². The Bertz CT molecular complexity index is 551. The van der Waals surface area contributed by atoms with E-state index in [2.05, 4.69) is 23.0 Å². The molecule has 0 saturated carbocycles. The zero-order valence-electron chi connectivity index (χ0n) is 10.5. The van der Waals surface area contributed by atoms with Gasteiger partial charge in [-0.15, -0.1) is 12.6 Å². The molecule has 0 spiro atoms. The normalized spacial score (nSPS) is 10.4. The van der Waals surface area contributed by atoms with Gasteiger partial charge in [-0.1, -0.05) is 0 Å². The van der Waals surface area contributed by atoms with Gasteiger partial charge in [0, 0.05) is 23.8 Å². The van der Waals surface area contributed by atoms with E-state index in [1.54, 1.807) is 48.5 Å². The summed E-state index contributed by atoms with van der Waals surface area (Å²) in [6.07, 6.45) is 3.38. The van der Waals surface area contributed by atoms with Gasteiger partial charge in [-0.05, 0) is 24.3 Å². The molecule has 0 atom stereocenters. The van der Waals surface area contributed by atoms with Gasteiger partial charge in [0.1, 0.15) is 0 Å².